The molecule has 0 amide bonds. The predicted molar refractivity (Wildman–Crippen MR) is 87.6 cm³/mol. The van der Waals surface area contributed by atoms with Gasteiger partial charge in [-0.1, -0.05) is 56.7 Å². The minimum Gasteiger partial charge on any atom is -0.358 e. The smallest absolute Gasteiger partial charge is 0.0473 e. The standard InChI is InChI=1S/C18H24ClN/c1-2-3-4-5-6-13-7-10-17-16(11-13)15-9-8-14(19)12-18(15)20-17/h8-9,12-13,20H,2-7,10-11H2,1H3. The van der Waals surface area contributed by atoms with Gasteiger partial charge in [0.1, 0.15) is 0 Å². The van der Waals surface area contributed by atoms with Crippen LogP contribution in [0.4, 0.5) is 0 Å². The van der Waals surface area contributed by atoms with Crippen molar-refractivity contribution < 1.29 is 0 Å². The predicted octanol–water partition coefficient (Wildman–Crippen LogP) is 5.90. The third kappa shape index (κ3) is 2.88. The minimum absolute atomic E-state index is 0.826. The minimum atomic E-state index is 0.826. The molecule has 0 bridgehead atoms. The van der Waals surface area contributed by atoms with E-state index in [9.17, 15) is 0 Å². The van der Waals surface area contributed by atoms with Gasteiger partial charge in [-0.05, 0) is 42.9 Å². The van der Waals surface area contributed by atoms with Gasteiger partial charge < -0.3 is 4.98 Å². The molecular weight excluding hydrogens is 266 g/mol. The van der Waals surface area contributed by atoms with Crippen LogP contribution in [-0.4, -0.2) is 4.98 Å². The highest BCUT2D eigenvalue weighted by Crippen LogP contribution is 2.34. The van der Waals surface area contributed by atoms with Gasteiger partial charge in [0.15, 0.2) is 0 Å². The number of aromatic nitrogens is 1. The number of benzene rings is 1. The summed E-state index contributed by atoms with van der Waals surface area (Å²) in [5.41, 5.74) is 4.23. The third-order valence-corrected chi connectivity index (χ3v) is 4.95. The monoisotopic (exact) mass is 289 g/mol. The first-order chi connectivity index (χ1) is 9.78. The second-order valence-corrected chi connectivity index (χ2v) is 6.67. The highest BCUT2D eigenvalue weighted by Gasteiger charge is 2.22. The van der Waals surface area contributed by atoms with Crippen LogP contribution in [0.3, 0.4) is 0 Å². The Kier molecular flexibility index (Phi) is 4.35. The summed E-state index contributed by atoms with van der Waals surface area (Å²) in [7, 11) is 0. The Labute approximate surface area is 126 Å². The van der Waals surface area contributed by atoms with Gasteiger partial charge in [-0.15, -0.1) is 0 Å². The van der Waals surface area contributed by atoms with Crippen molar-refractivity contribution in [2.45, 2.75) is 58.3 Å². The zero-order valence-corrected chi connectivity index (χ0v) is 13.1. The molecule has 2 aromatic rings. The molecule has 0 radical (unpaired) electrons. The lowest BCUT2D eigenvalue weighted by molar-refractivity contribution is 0.405. The molecule has 1 heterocycles. The van der Waals surface area contributed by atoms with E-state index in [0.29, 0.717) is 0 Å². The summed E-state index contributed by atoms with van der Waals surface area (Å²) in [5.74, 6) is 0.883. The zero-order valence-electron chi connectivity index (χ0n) is 12.3. The molecule has 108 valence electrons. The molecule has 1 unspecified atom stereocenters. The van der Waals surface area contributed by atoms with Crippen molar-refractivity contribution in [3.05, 3.63) is 34.5 Å². The van der Waals surface area contributed by atoms with Crippen molar-refractivity contribution >= 4 is 22.5 Å². The number of unbranched alkanes of at least 4 members (excludes halogenated alkanes) is 3. The Hall–Kier alpha value is -0.950. The summed E-state index contributed by atoms with van der Waals surface area (Å²) >= 11 is 6.09. The number of hydrogen-bond donors (Lipinski definition) is 1. The number of nitrogens with one attached hydrogen (secondary N) is 1. The maximum absolute atomic E-state index is 6.09. The summed E-state index contributed by atoms with van der Waals surface area (Å²) in [6.45, 7) is 2.28. The molecule has 1 aromatic heterocycles. The quantitative estimate of drug-likeness (QED) is 0.660. The van der Waals surface area contributed by atoms with Crippen LogP contribution in [0.25, 0.3) is 10.9 Å². The highest BCUT2D eigenvalue weighted by molar-refractivity contribution is 6.31. The molecule has 1 aliphatic carbocycles. The summed E-state index contributed by atoms with van der Waals surface area (Å²) in [6, 6.07) is 6.26. The third-order valence-electron chi connectivity index (χ3n) is 4.72. The van der Waals surface area contributed by atoms with Crippen molar-refractivity contribution in [2.75, 3.05) is 0 Å². The van der Waals surface area contributed by atoms with Gasteiger partial charge >= 0.3 is 0 Å². The molecule has 0 aliphatic heterocycles. The van der Waals surface area contributed by atoms with E-state index in [-0.39, 0.29) is 0 Å². The average Bonchev–Trinajstić information content (AvgIpc) is 2.80. The van der Waals surface area contributed by atoms with E-state index < -0.39 is 0 Å². The average molecular weight is 290 g/mol. The number of H-pyrrole nitrogens is 1. The molecule has 0 saturated carbocycles. The summed E-state index contributed by atoms with van der Waals surface area (Å²) in [6.07, 6.45) is 10.7. The van der Waals surface area contributed by atoms with E-state index in [4.69, 9.17) is 11.6 Å². The van der Waals surface area contributed by atoms with Gasteiger partial charge in [0.25, 0.3) is 0 Å². The van der Waals surface area contributed by atoms with Crippen molar-refractivity contribution in [3.8, 4) is 0 Å². The van der Waals surface area contributed by atoms with Crippen LogP contribution in [0.15, 0.2) is 18.2 Å². The van der Waals surface area contributed by atoms with Crippen LogP contribution in [0.1, 0.15) is 56.7 Å². The molecule has 1 aromatic carbocycles. The Bertz CT molecular complexity index is 584. The van der Waals surface area contributed by atoms with Crippen molar-refractivity contribution in [3.63, 3.8) is 0 Å². The Morgan fingerprint density at radius 1 is 1.25 bits per heavy atom. The van der Waals surface area contributed by atoms with Crippen LogP contribution in [0.2, 0.25) is 5.02 Å². The maximum atomic E-state index is 6.09. The molecular formula is C18H24ClN. The molecule has 1 nitrogen and oxygen atoms in total. The summed E-state index contributed by atoms with van der Waals surface area (Å²) in [4.78, 5) is 3.57. The van der Waals surface area contributed by atoms with E-state index in [1.165, 1.54) is 68.0 Å². The number of fused-ring (bicyclic) bond motifs is 3. The van der Waals surface area contributed by atoms with Gasteiger partial charge in [0.05, 0.1) is 0 Å². The van der Waals surface area contributed by atoms with Gasteiger partial charge in [0.2, 0.25) is 0 Å². The fraction of sp³-hybridized carbons (Fsp3) is 0.556. The summed E-state index contributed by atoms with van der Waals surface area (Å²) < 4.78 is 0. The van der Waals surface area contributed by atoms with Crippen LogP contribution in [0, 0.1) is 5.92 Å². The molecule has 0 fully saturated rings. The largest absolute Gasteiger partial charge is 0.358 e. The van der Waals surface area contributed by atoms with Gasteiger partial charge in [0, 0.05) is 21.6 Å². The Morgan fingerprint density at radius 3 is 3.00 bits per heavy atom. The SMILES string of the molecule is CCCCCCC1CCc2[nH]c3cc(Cl)ccc3c2C1. The van der Waals surface area contributed by atoms with E-state index in [1.807, 2.05) is 6.07 Å². The Balaban J connectivity index is 1.72. The molecule has 2 heteroatoms. The van der Waals surface area contributed by atoms with Crippen LogP contribution >= 0.6 is 11.6 Å². The summed E-state index contributed by atoms with van der Waals surface area (Å²) in [5, 5.41) is 2.22. The molecule has 20 heavy (non-hydrogen) atoms. The second kappa shape index (κ2) is 6.22. The lowest BCUT2D eigenvalue weighted by atomic mass is 9.83. The molecule has 1 aliphatic rings. The maximum Gasteiger partial charge on any atom is 0.0473 e. The number of aryl methyl sites for hydroxylation is 1. The van der Waals surface area contributed by atoms with Crippen molar-refractivity contribution in [2.24, 2.45) is 5.92 Å². The van der Waals surface area contributed by atoms with Crippen LogP contribution in [0.5, 0.6) is 0 Å². The van der Waals surface area contributed by atoms with E-state index in [2.05, 4.69) is 24.0 Å². The number of hydrogen-bond acceptors (Lipinski definition) is 0. The van der Waals surface area contributed by atoms with E-state index in [0.717, 1.165) is 10.9 Å². The van der Waals surface area contributed by atoms with E-state index >= 15 is 0 Å². The first-order valence-electron chi connectivity index (χ1n) is 8.07. The lowest BCUT2D eigenvalue weighted by Crippen LogP contribution is -2.13. The molecule has 3 rings (SSSR count). The molecule has 1 atom stereocenters. The fourth-order valence-electron chi connectivity index (χ4n) is 3.58. The van der Waals surface area contributed by atoms with Gasteiger partial charge in [-0.2, -0.15) is 0 Å². The molecule has 0 saturated heterocycles. The number of halogens is 1. The lowest BCUT2D eigenvalue weighted by Gasteiger charge is -2.22. The number of rotatable bonds is 5. The second-order valence-electron chi connectivity index (χ2n) is 6.23. The number of aromatic amines is 1. The topological polar surface area (TPSA) is 15.8 Å². The highest BCUT2D eigenvalue weighted by atomic mass is 35.5. The molecule has 1 N–H and O–H groups in total. The van der Waals surface area contributed by atoms with Gasteiger partial charge in [-0.3, -0.25) is 0 Å². The van der Waals surface area contributed by atoms with Crippen molar-refractivity contribution in [1.29, 1.82) is 0 Å². The van der Waals surface area contributed by atoms with Crippen molar-refractivity contribution in [1.82, 2.24) is 4.98 Å². The van der Waals surface area contributed by atoms with Crippen LogP contribution in [-0.2, 0) is 12.8 Å². The first kappa shape index (κ1) is 14.0. The van der Waals surface area contributed by atoms with Crippen LogP contribution < -0.4 is 0 Å². The van der Waals surface area contributed by atoms with E-state index in [1.54, 1.807) is 5.56 Å². The zero-order chi connectivity index (χ0) is 13.9. The molecule has 0 spiro atoms. The fourth-order valence-corrected chi connectivity index (χ4v) is 3.75. The normalized spacial score (nSPS) is 18.4. The first-order valence-corrected chi connectivity index (χ1v) is 8.44. The van der Waals surface area contributed by atoms with Gasteiger partial charge in [-0.25, -0.2) is 0 Å². The Morgan fingerprint density at radius 2 is 2.15 bits per heavy atom.